The van der Waals surface area contributed by atoms with Gasteiger partial charge in [-0.05, 0) is 24.7 Å². The first-order valence-corrected chi connectivity index (χ1v) is 7.33. The highest BCUT2D eigenvalue weighted by Gasteiger charge is 2.49. The molecule has 0 aromatic heterocycles. The first kappa shape index (κ1) is 14.0. The molecule has 2 rings (SSSR count). The summed E-state index contributed by atoms with van der Waals surface area (Å²) in [5.74, 6) is 1.25. The fourth-order valence-corrected chi connectivity index (χ4v) is 3.58. The van der Waals surface area contributed by atoms with Gasteiger partial charge in [-0.1, -0.05) is 27.2 Å². The van der Waals surface area contributed by atoms with Crippen LogP contribution in [0.4, 0.5) is 0 Å². The Morgan fingerprint density at radius 2 is 2.11 bits per heavy atom. The maximum absolute atomic E-state index is 10.7. The lowest BCUT2D eigenvalue weighted by Gasteiger charge is -2.51. The molecular formula is C15H26O3. The summed E-state index contributed by atoms with van der Waals surface area (Å²) in [7, 11) is 0. The summed E-state index contributed by atoms with van der Waals surface area (Å²) in [6.07, 6.45) is 5.79. The molecule has 4 atom stereocenters. The number of aldehydes is 1. The van der Waals surface area contributed by atoms with Crippen LogP contribution in [-0.4, -0.2) is 24.8 Å². The Kier molecular flexibility index (Phi) is 4.44. The van der Waals surface area contributed by atoms with E-state index in [1.807, 2.05) is 0 Å². The van der Waals surface area contributed by atoms with E-state index in [1.54, 1.807) is 0 Å². The molecule has 0 bridgehead atoms. The Morgan fingerprint density at radius 3 is 2.78 bits per heavy atom. The van der Waals surface area contributed by atoms with Crippen LogP contribution in [0.25, 0.3) is 0 Å². The molecule has 0 N–H and O–H groups in total. The molecule has 1 saturated carbocycles. The molecule has 1 saturated heterocycles. The molecule has 0 radical (unpaired) electrons. The number of hydrogen-bond acceptors (Lipinski definition) is 3. The van der Waals surface area contributed by atoms with Gasteiger partial charge in [0.2, 0.25) is 0 Å². The van der Waals surface area contributed by atoms with Crippen molar-refractivity contribution in [3.8, 4) is 0 Å². The second-order valence-electron chi connectivity index (χ2n) is 6.33. The number of ether oxygens (including phenoxy) is 2. The zero-order valence-electron chi connectivity index (χ0n) is 11.9. The van der Waals surface area contributed by atoms with Crippen molar-refractivity contribution in [2.45, 2.75) is 64.8 Å². The highest BCUT2D eigenvalue weighted by molar-refractivity contribution is 5.50. The van der Waals surface area contributed by atoms with Gasteiger partial charge in [0.15, 0.2) is 5.79 Å². The number of hydrogen-bond donors (Lipinski definition) is 0. The fraction of sp³-hybridized carbons (Fsp3) is 0.933. The number of carbonyl (C=O) groups is 1. The maximum Gasteiger partial charge on any atom is 0.171 e. The molecule has 0 unspecified atom stereocenters. The second-order valence-corrected chi connectivity index (χ2v) is 6.33. The molecule has 0 aromatic carbocycles. The van der Waals surface area contributed by atoms with Crippen molar-refractivity contribution < 1.29 is 14.3 Å². The van der Waals surface area contributed by atoms with Gasteiger partial charge in [-0.2, -0.15) is 0 Å². The van der Waals surface area contributed by atoms with E-state index in [-0.39, 0.29) is 6.10 Å². The standard InChI is InChI=1S/C15H26O3/c1-11(2)14-5-4-12(3)10-15(14)17-9-7-13(18-15)6-8-16/h8,11-14H,4-7,9-10H2,1-3H3/t12-,13-,14+,15+/m1/s1. The van der Waals surface area contributed by atoms with Crippen LogP contribution in [0.1, 0.15) is 52.9 Å². The van der Waals surface area contributed by atoms with Crippen LogP contribution >= 0.6 is 0 Å². The van der Waals surface area contributed by atoms with E-state index in [0.29, 0.717) is 24.2 Å². The molecule has 1 aliphatic heterocycles. The molecule has 1 spiro atoms. The lowest BCUT2D eigenvalue weighted by atomic mass is 9.72. The van der Waals surface area contributed by atoms with Crippen molar-refractivity contribution in [1.29, 1.82) is 0 Å². The second kappa shape index (κ2) is 5.70. The minimum absolute atomic E-state index is 0.0581. The Hall–Kier alpha value is -0.410. The topological polar surface area (TPSA) is 35.5 Å². The highest BCUT2D eigenvalue weighted by atomic mass is 16.7. The summed E-state index contributed by atoms with van der Waals surface area (Å²) in [6, 6.07) is 0. The van der Waals surface area contributed by atoms with Gasteiger partial charge >= 0.3 is 0 Å². The summed E-state index contributed by atoms with van der Waals surface area (Å²) in [5, 5.41) is 0. The Bertz CT molecular complexity index is 289. The Morgan fingerprint density at radius 1 is 1.33 bits per heavy atom. The molecule has 1 aliphatic carbocycles. The third-order valence-electron chi connectivity index (χ3n) is 4.48. The summed E-state index contributed by atoms with van der Waals surface area (Å²) in [5.41, 5.74) is 0. The van der Waals surface area contributed by atoms with Crippen molar-refractivity contribution >= 4 is 6.29 Å². The van der Waals surface area contributed by atoms with Crippen LogP contribution in [0.2, 0.25) is 0 Å². The molecule has 0 amide bonds. The predicted molar refractivity (Wildman–Crippen MR) is 70.2 cm³/mol. The first-order valence-electron chi connectivity index (χ1n) is 7.33. The van der Waals surface area contributed by atoms with Crippen molar-refractivity contribution in [1.82, 2.24) is 0 Å². The van der Waals surface area contributed by atoms with Crippen molar-refractivity contribution in [3.05, 3.63) is 0 Å². The SMILES string of the molecule is CC(C)[C@@H]1CC[C@@H](C)C[C@@]12OCC[C@@H](CC=O)O2. The van der Waals surface area contributed by atoms with Gasteiger partial charge in [-0.3, -0.25) is 0 Å². The third kappa shape index (κ3) is 2.77. The largest absolute Gasteiger partial charge is 0.349 e. The van der Waals surface area contributed by atoms with Gasteiger partial charge in [-0.25, -0.2) is 0 Å². The molecular weight excluding hydrogens is 228 g/mol. The summed E-state index contributed by atoms with van der Waals surface area (Å²) in [4.78, 5) is 10.7. The Labute approximate surface area is 110 Å². The van der Waals surface area contributed by atoms with Crippen LogP contribution in [-0.2, 0) is 14.3 Å². The van der Waals surface area contributed by atoms with Crippen LogP contribution in [0, 0.1) is 17.8 Å². The fourth-order valence-electron chi connectivity index (χ4n) is 3.58. The normalized spacial score (nSPS) is 41.2. The third-order valence-corrected chi connectivity index (χ3v) is 4.48. The quantitative estimate of drug-likeness (QED) is 0.726. The zero-order valence-corrected chi connectivity index (χ0v) is 11.9. The van der Waals surface area contributed by atoms with E-state index in [4.69, 9.17) is 9.47 Å². The van der Waals surface area contributed by atoms with Crippen molar-refractivity contribution in [3.63, 3.8) is 0 Å². The first-order chi connectivity index (χ1) is 8.57. The minimum Gasteiger partial charge on any atom is -0.349 e. The van der Waals surface area contributed by atoms with Gasteiger partial charge in [0.25, 0.3) is 0 Å². The molecule has 104 valence electrons. The average Bonchev–Trinajstić information content (AvgIpc) is 2.28. The molecule has 18 heavy (non-hydrogen) atoms. The highest BCUT2D eigenvalue weighted by Crippen LogP contribution is 2.46. The van der Waals surface area contributed by atoms with Crippen LogP contribution in [0.3, 0.4) is 0 Å². The smallest absolute Gasteiger partial charge is 0.171 e. The van der Waals surface area contributed by atoms with E-state index in [1.165, 1.54) is 12.8 Å². The maximum atomic E-state index is 10.7. The predicted octanol–water partition coefficient (Wildman–Crippen LogP) is 3.17. The lowest BCUT2D eigenvalue weighted by molar-refractivity contribution is -0.338. The van der Waals surface area contributed by atoms with E-state index < -0.39 is 5.79 Å². The van der Waals surface area contributed by atoms with Gasteiger partial charge < -0.3 is 14.3 Å². The van der Waals surface area contributed by atoms with E-state index >= 15 is 0 Å². The molecule has 2 aliphatic rings. The summed E-state index contributed by atoms with van der Waals surface area (Å²) < 4.78 is 12.3. The van der Waals surface area contributed by atoms with Crippen LogP contribution < -0.4 is 0 Å². The average molecular weight is 254 g/mol. The van der Waals surface area contributed by atoms with Crippen LogP contribution in [0.15, 0.2) is 0 Å². The number of rotatable bonds is 3. The van der Waals surface area contributed by atoms with Gasteiger partial charge in [0.1, 0.15) is 6.29 Å². The summed E-state index contributed by atoms with van der Waals surface area (Å²) in [6.45, 7) is 7.50. The monoisotopic (exact) mass is 254 g/mol. The molecule has 2 fully saturated rings. The van der Waals surface area contributed by atoms with E-state index in [2.05, 4.69) is 20.8 Å². The van der Waals surface area contributed by atoms with E-state index in [9.17, 15) is 4.79 Å². The van der Waals surface area contributed by atoms with Gasteiger partial charge in [-0.15, -0.1) is 0 Å². The molecule has 0 aromatic rings. The van der Waals surface area contributed by atoms with Gasteiger partial charge in [0, 0.05) is 18.8 Å². The number of carbonyl (C=O) groups excluding carboxylic acids is 1. The lowest BCUT2D eigenvalue weighted by Crippen LogP contribution is -2.54. The molecule has 1 heterocycles. The van der Waals surface area contributed by atoms with Gasteiger partial charge in [0.05, 0.1) is 12.7 Å². The van der Waals surface area contributed by atoms with Crippen LogP contribution in [0.5, 0.6) is 0 Å². The Balaban J connectivity index is 2.15. The molecule has 3 heteroatoms. The van der Waals surface area contributed by atoms with Crippen molar-refractivity contribution in [2.75, 3.05) is 6.61 Å². The molecule has 3 nitrogen and oxygen atoms in total. The zero-order chi connectivity index (χ0) is 13.2. The van der Waals surface area contributed by atoms with Crippen molar-refractivity contribution in [2.24, 2.45) is 17.8 Å². The summed E-state index contributed by atoms with van der Waals surface area (Å²) >= 11 is 0. The minimum atomic E-state index is -0.419. The van der Waals surface area contributed by atoms with E-state index in [0.717, 1.165) is 25.7 Å².